The number of nitrogens with zero attached hydrogens (tertiary/aromatic N) is 6. The van der Waals surface area contributed by atoms with Gasteiger partial charge in [-0.3, -0.25) is 14.7 Å². The van der Waals surface area contributed by atoms with Gasteiger partial charge in [-0.1, -0.05) is 0 Å². The summed E-state index contributed by atoms with van der Waals surface area (Å²) in [5, 5.41) is 5.74. The molecule has 0 aliphatic carbocycles. The zero-order chi connectivity index (χ0) is 26.6. The Morgan fingerprint density at radius 3 is 2.64 bits per heavy atom. The van der Waals surface area contributed by atoms with E-state index in [2.05, 4.69) is 37.2 Å². The number of ether oxygens (including phenoxy) is 1. The molecule has 3 aromatic rings. The maximum Gasteiger partial charge on any atom is 0.226 e. The predicted octanol–water partition coefficient (Wildman–Crippen LogP) is 4.01. The summed E-state index contributed by atoms with van der Waals surface area (Å²) in [6.07, 6.45) is 11.7. The fourth-order valence-electron chi connectivity index (χ4n) is 6.13. The fraction of sp³-hybridized carbons (Fsp3) is 0.533. The maximum atomic E-state index is 13.2. The second kappa shape index (κ2) is 11.8. The largest absolute Gasteiger partial charge is 0.381 e. The van der Waals surface area contributed by atoms with Crippen LogP contribution in [0.4, 0.5) is 11.6 Å². The number of rotatable bonds is 7. The number of carbonyl (C=O) groups is 1. The summed E-state index contributed by atoms with van der Waals surface area (Å²) < 4.78 is 5.50. The van der Waals surface area contributed by atoms with Crippen LogP contribution >= 0.6 is 0 Å². The van der Waals surface area contributed by atoms with Gasteiger partial charge in [0.2, 0.25) is 5.91 Å². The summed E-state index contributed by atoms with van der Waals surface area (Å²) in [6, 6.07) is 8.65. The Balaban J connectivity index is 1.19. The van der Waals surface area contributed by atoms with Crippen molar-refractivity contribution in [3.05, 3.63) is 42.9 Å². The Morgan fingerprint density at radius 1 is 1.05 bits per heavy atom. The van der Waals surface area contributed by atoms with Crippen LogP contribution in [0.1, 0.15) is 38.5 Å². The van der Waals surface area contributed by atoms with Crippen molar-refractivity contribution in [3.8, 4) is 11.3 Å². The van der Waals surface area contributed by atoms with Gasteiger partial charge in [-0.05, 0) is 75.9 Å². The van der Waals surface area contributed by atoms with E-state index in [4.69, 9.17) is 9.72 Å². The standard InChI is InChI=1S/C30H39N7O2/c1-35(21-36-12-2-3-13-36)30(38)22-6-14-37(15-7-22)29-26-5-10-31-20-24(26)18-27(34-29)23-4-11-32-28(19-23)33-25-8-16-39-17-9-25/h4-5,10-11,18-20,22,25H,2-3,6-9,12-17,21H2,1H3,(H,32,33). The van der Waals surface area contributed by atoms with E-state index in [1.807, 2.05) is 42.7 Å². The van der Waals surface area contributed by atoms with Crippen molar-refractivity contribution in [1.29, 1.82) is 0 Å². The third-order valence-electron chi connectivity index (χ3n) is 8.37. The normalized spacial score (nSPS) is 19.5. The van der Waals surface area contributed by atoms with E-state index in [0.29, 0.717) is 6.04 Å². The first kappa shape index (κ1) is 26.0. The van der Waals surface area contributed by atoms with Crippen molar-refractivity contribution in [2.75, 3.05) is 63.3 Å². The molecule has 0 radical (unpaired) electrons. The molecule has 1 N–H and O–H groups in total. The van der Waals surface area contributed by atoms with Gasteiger partial charge in [-0.15, -0.1) is 0 Å². The lowest BCUT2D eigenvalue weighted by atomic mass is 9.95. The molecule has 3 fully saturated rings. The van der Waals surface area contributed by atoms with Gasteiger partial charge in [0.15, 0.2) is 0 Å². The Hall–Kier alpha value is -3.30. The predicted molar refractivity (Wildman–Crippen MR) is 154 cm³/mol. The number of hydrogen-bond acceptors (Lipinski definition) is 8. The Kier molecular flexibility index (Phi) is 7.88. The summed E-state index contributed by atoms with van der Waals surface area (Å²) >= 11 is 0. The molecule has 0 bridgehead atoms. The molecular formula is C30H39N7O2. The van der Waals surface area contributed by atoms with E-state index in [0.717, 1.165) is 105 Å². The molecule has 0 atom stereocenters. The molecule has 0 saturated carbocycles. The van der Waals surface area contributed by atoms with Gasteiger partial charge in [-0.25, -0.2) is 9.97 Å². The highest BCUT2D eigenvalue weighted by molar-refractivity contribution is 5.94. The van der Waals surface area contributed by atoms with Crippen LogP contribution in [-0.2, 0) is 9.53 Å². The SMILES string of the molecule is CN(CN1CCCC1)C(=O)C1CCN(c2nc(-c3ccnc(NC4CCOCC4)c3)cc3cnccc23)CC1. The monoisotopic (exact) mass is 529 g/mol. The van der Waals surface area contributed by atoms with Gasteiger partial charge in [0, 0.05) is 80.2 Å². The summed E-state index contributed by atoms with van der Waals surface area (Å²) in [6.45, 7) is 6.16. The zero-order valence-electron chi connectivity index (χ0n) is 22.9. The van der Waals surface area contributed by atoms with Gasteiger partial charge in [-0.2, -0.15) is 0 Å². The van der Waals surface area contributed by atoms with Crippen molar-refractivity contribution in [2.45, 2.75) is 44.6 Å². The molecular weight excluding hydrogens is 490 g/mol. The van der Waals surface area contributed by atoms with Gasteiger partial charge < -0.3 is 19.9 Å². The minimum atomic E-state index is 0.0731. The quantitative estimate of drug-likeness (QED) is 0.491. The topological polar surface area (TPSA) is 86.7 Å². The van der Waals surface area contributed by atoms with E-state index >= 15 is 0 Å². The van der Waals surface area contributed by atoms with E-state index in [-0.39, 0.29) is 11.8 Å². The highest BCUT2D eigenvalue weighted by atomic mass is 16.5. The fourth-order valence-corrected chi connectivity index (χ4v) is 6.13. The first-order valence-electron chi connectivity index (χ1n) is 14.4. The van der Waals surface area contributed by atoms with Crippen molar-refractivity contribution in [1.82, 2.24) is 24.8 Å². The number of hydrogen-bond donors (Lipinski definition) is 1. The number of fused-ring (bicyclic) bond motifs is 1. The minimum absolute atomic E-state index is 0.0731. The summed E-state index contributed by atoms with van der Waals surface area (Å²) in [5.74, 6) is 2.19. The number of nitrogens with one attached hydrogen (secondary N) is 1. The van der Waals surface area contributed by atoms with Crippen LogP contribution < -0.4 is 10.2 Å². The number of carbonyl (C=O) groups excluding carboxylic acids is 1. The molecule has 0 aromatic carbocycles. The van der Waals surface area contributed by atoms with Crippen molar-refractivity contribution < 1.29 is 9.53 Å². The van der Waals surface area contributed by atoms with Crippen LogP contribution in [0.25, 0.3) is 22.0 Å². The number of aromatic nitrogens is 3. The lowest BCUT2D eigenvalue weighted by Gasteiger charge is -2.35. The summed E-state index contributed by atoms with van der Waals surface area (Å²) in [7, 11) is 1.96. The van der Waals surface area contributed by atoms with Gasteiger partial charge >= 0.3 is 0 Å². The van der Waals surface area contributed by atoms with Gasteiger partial charge in [0.25, 0.3) is 0 Å². The zero-order valence-corrected chi connectivity index (χ0v) is 22.9. The first-order valence-corrected chi connectivity index (χ1v) is 14.4. The van der Waals surface area contributed by atoms with Crippen molar-refractivity contribution in [2.24, 2.45) is 5.92 Å². The van der Waals surface area contributed by atoms with Crippen LogP contribution in [0.3, 0.4) is 0 Å². The number of piperidine rings is 1. The first-order chi connectivity index (χ1) is 19.1. The molecule has 6 heterocycles. The minimum Gasteiger partial charge on any atom is -0.381 e. The molecule has 206 valence electrons. The van der Waals surface area contributed by atoms with E-state index < -0.39 is 0 Å². The molecule has 3 aliphatic rings. The van der Waals surface area contributed by atoms with E-state index in [1.165, 1.54) is 12.8 Å². The lowest BCUT2D eigenvalue weighted by molar-refractivity contribution is -0.136. The second-order valence-electron chi connectivity index (χ2n) is 11.2. The van der Waals surface area contributed by atoms with E-state index in [1.54, 1.807) is 0 Å². The second-order valence-corrected chi connectivity index (χ2v) is 11.2. The third kappa shape index (κ3) is 5.99. The van der Waals surface area contributed by atoms with Gasteiger partial charge in [0.1, 0.15) is 11.6 Å². The lowest BCUT2D eigenvalue weighted by Crippen LogP contribution is -2.44. The molecule has 9 heteroatoms. The molecule has 9 nitrogen and oxygen atoms in total. The number of likely N-dealkylation sites (tertiary alicyclic amines) is 1. The highest BCUT2D eigenvalue weighted by Gasteiger charge is 2.29. The Labute approximate surface area is 230 Å². The molecule has 39 heavy (non-hydrogen) atoms. The van der Waals surface area contributed by atoms with Gasteiger partial charge in [0.05, 0.1) is 12.4 Å². The van der Waals surface area contributed by atoms with E-state index in [9.17, 15) is 4.79 Å². The Morgan fingerprint density at radius 2 is 1.85 bits per heavy atom. The van der Waals surface area contributed by atoms with Crippen LogP contribution in [0, 0.1) is 5.92 Å². The number of pyridine rings is 3. The number of amides is 1. The third-order valence-corrected chi connectivity index (χ3v) is 8.37. The average molecular weight is 530 g/mol. The molecule has 3 aliphatic heterocycles. The van der Waals surface area contributed by atoms with Crippen molar-refractivity contribution >= 4 is 28.3 Å². The maximum absolute atomic E-state index is 13.2. The molecule has 3 saturated heterocycles. The molecule has 3 aromatic heterocycles. The average Bonchev–Trinajstić information content (AvgIpc) is 3.50. The number of anilines is 2. The van der Waals surface area contributed by atoms with Crippen LogP contribution in [0.15, 0.2) is 42.9 Å². The Bertz CT molecular complexity index is 1280. The van der Waals surface area contributed by atoms with Crippen molar-refractivity contribution in [3.63, 3.8) is 0 Å². The molecule has 6 rings (SSSR count). The summed E-state index contributed by atoms with van der Waals surface area (Å²) in [4.78, 5) is 34.0. The van der Waals surface area contributed by atoms with Crippen LogP contribution in [0.5, 0.6) is 0 Å². The molecule has 1 amide bonds. The summed E-state index contributed by atoms with van der Waals surface area (Å²) in [5.41, 5.74) is 1.94. The molecule has 0 spiro atoms. The smallest absolute Gasteiger partial charge is 0.226 e. The molecule has 0 unspecified atom stereocenters. The highest BCUT2D eigenvalue weighted by Crippen LogP contribution is 2.33. The van der Waals surface area contributed by atoms with Crippen LogP contribution in [0.2, 0.25) is 0 Å². The van der Waals surface area contributed by atoms with Crippen LogP contribution in [-0.4, -0.2) is 89.8 Å².